The van der Waals surface area contributed by atoms with Gasteiger partial charge < -0.3 is 0 Å². The van der Waals surface area contributed by atoms with Gasteiger partial charge in [0.25, 0.3) is 0 Å². The molecule has 2 heteroatoms. The van der Waals surface area contributed by atoms with Crippen molar-refractivity contribution in [3.8, 4) is 0 Å². The lowest BCUT2D eigenvalue weighted by molar-refractivity contribution is -0.676. The van der Waals surface area contributed by atoms with Crippen LogP contribution < -0.4 is 4.57 Å². The Labute approximate surface area is 78.8 Å². The third-order valence-electron chi connectivity index (χ3n) is 1.59. The van der Waals surface area contributed by atoms with Crippen LogP contribution in [0.1, 0.15) is 18.9 Å². The number of nitrogens with zero attached hydrogens (tertiary/aromatic N) is 1. The van der Waals surface area contributed by atoms with Crippen molar-refractivity contribution in [2.75, 3.05) is 5.75 Å². The molecule has 0 saturated heterocycles. The molecule has 1 heterocycles. The smallest absolute Gasteiger partial charge is 0.194 e. The van der Waals surface area contributed by atoms with Gasteiger partial charge in [-0.2, -0.15) is 4.57 Å². The van der Waals surface area contributed by atoms with Gasteiger partial charge in [0.05, 0.1) is 0 Å². The zero-order valence-electron chi connectivity index (χ0n) is 7.79. The van der Waals surface area contributed by atoms with E-state index in [1.807, 2.05) is 11.8 Å². The number of rotatable bonds is 4. The van der Waals surface area contributed by atoms with E-state index in [4.69, 9.17) is 0 Å². The van der Waals surface area contributed by atoms with Crippen molar-refractivity contribution < 1.29 is 4.57 Å². The monoisotopic (exact) mass is 182 g/mol. The Kier molecular flexibility index (Phi) is 4.15. The van der Waals surface area contributed by atoms with E-state index in [1.165, 1.54) is 17.7 Å². The van der Waals surface area contributed by atoms with Crippen LogP contribution in [0, 0.1) is 6.92 Å². The molecule has 12 heavy (non-hydrogen) atoms. The molecule has 1 aromatic rings. The topological polar surface area (TPSA) is 3.88 Å². The molecule has 0 spiro atoms. The number of hydrogen-bond donors (Lipinski definition) is 0. The molecule has 0 amide bonds. The first-order valence-electron chi connectivity index (χ1n) is 4.36. The molecule has 0 fully saturated rings. The largest absolute Gasteiger partial charge is 0.195 e. The first kappa shape index (κ1) is 9.59. The van der Waals surface area contributed by atoms with Gasteiger partial charge in [0.2, 0.25) is 0 Å². The van der Waals surface area contributed by atoms with E-state index in [1.54, 1.807) is 0 Å². The second kappa shape index (κ2) is 5.20. The number of pyridine rings is 1. The molecule has 0 aliphatic heterocycles. The molecule has 0 bridgehead atoms. The van der Waals surface area contributed by atoms with Crippen LogP contribution in [0.2, 0.25) is 0 Å². The molecule has 0 N–H and O–H groups in total. The summed E-state index contributed by atoms with van der Waals surface area (Å²) in [4.78, 5) is 0. The average Bonchev–Trinajstić information content (AvgIpc) is 2.05. The Morgan fingerprint density at radius 2 is 2.33 bits per heavy atom. The van der Waals surface area contributed by atoms with Gasteiger partial charge in [-0.3, -0.25) is 0 Å². The summed E-state index contributed by atoms with van der Waals surface area (Å²) < 4.78 is 2.23. The maximum absolute atomic E-state index is 2.23. The van der Waals surface area contributed by atoms with Gasteiger partial charge in [-0.1, -0.05) is 18.7 Å². The molecule has 0 aliphatic carbocycles. The fourth-order valence-corrected chi connectivity index (χ4v) is 1.84. The predicted molar refractivity (Wildman–Crippen MR) is 54.1 cm³/mol. The highest BCUT2D eigenvalue weighted by Gasteiger charge is 1.98. The van der Waals surface area contributed by atoms with E-state index in [0.29, 0.717) is 0 Å². The standard InChI is InChI=1S/C10H16NS/c1-3-7-12-9-11-6-4-5-10(2)8-11/h4-6,8H,3,7,9H2,1-2H3/q+1. The van der Waals surface area contributed by atoms with E-state index in [9.17, 15) is 0 Å². The van der Waals surface area contributed by atoms with Crippen LogP contribution >= 0.6 is 11.8 Å². The van der Waals surface area contributed by atoms with Crippen LogP contribution in [0.4, 0.5) is 0 Å². The molecule has 0 unspecified atom stereocenters. The van der Waals surface area contributed by atoms with Crippen molar-refractivity contribution in [2.24, 2.45) is 0 Å². The molecule has 0 radical (unpaired) electrons. The normalized spacial score (nSPS) is 10.2. The van der Waals surface area contributed by atoms with Crippen molar-refractivity contribution in [1.29, 1.82) is 0 Å². The number of hydrogen-bond acceptors (Lipinski definition) is 1. The Morgan fingerprint density at radius 3 is 3.00 bits per heavy atom. The summed E-state index contributed by atoms with van der Waals surface area (Å²) in [6.07, 6.45) is 5.56. The van der Waals surface area contributed by atoms with Gasteiger partial charge in [0, 0.05) is 11.6 Å². The molecular weight excluding hydrogens is 166 g/mol. The molecule has 0 saturated carbocycles. The molecule has 1 rings (SSSR count). The number of aryl methyl sites for hydroxylation is 1. The van der Waals surface area contributed by atoms with E-state index in [0.717, 1.165) is 5.88 Å². The summed E-state index contributed by atoms with van der Waals surface area (Å²) in [6, 6.07) is 4.23. The lowest BCUT2D eigenvalue weighted by Gasteiger charge is -1.96. The second-order valence-electron chi connectivity index (χ2n) is 2.93. The van der Waals surface area contributed by atoms with E-state index in [-0.39, 0.29) is 0 Å². The van der Waals surface area contributed by atoms with E-state index >= 15 is 0 Å². The Hall–Kier alpha value is -0.500. The molecule has 1 nitrogen and oxygen atoms in total. The summed E-state index contributed by atoms with van der Waals surface area (Å²) in [5, 5.41) is 0. The minimum Gasteiger partial charge on any atom is -0.195 e. The van der Waals surface area contributed by atoms with Gasteiger partial charge >= 0.3 is 0 Å². The van der Waals surface area contributed by atoms with Crippen LogP contribution in [0.15, 0.2) is 24.5 Å². The lowest BCUT2D eigenvalue weighted by atomic mass is 10.3. The van der Waals surface area contributed by atoms with E-state index < -0.39 is 0 Å². The lowest BCUT2D eigenvalue weighted by Crippen LogP contribution is -2.31. The van der Waals surface area contributed by atoms with Gasteiger partial charge in [-0.25, -0.2) is 0 Å². The average molecular weight is 182 g/mol. The Morgan fingerprint density at radius 1 is 1.50 bits per heavy atom. The first-order valence-corrected chi connectivity index (χ1v) is 5.52. The highest BCUT2D eigenvalue weighted by Crippen LogP contribution is 2.01. The molecule has 66 valence electrons. The van der Waals surface area contributed by atoms with Crippen molar-refractivity contribution >= 4 is 11.8 Å². The number of aromatic nitrogens is 1. The summed E-state index contributed by atoms with van der Waals surface area (Å²) in [5.41, 5.74) is 1.33. The number of thioether (sulfide) groups is 1. The zero-order chi connectivity index (χ0) is 8.81. The fourth-order valence-electron chi connectivity index (χ4n) is 1.05. The maximum atomic E-state index is 2.23. The summed E-state index contributed by atoms with van der Waals surface area (Å²) in [5.74, 6) is 2.33. The molecule has 1 aromatic heterocycles. The quantitative estimate of drug-likeness (QED) is 0.511. The third kappa shape index (κ3) is 3.26. The summed E-state index contributed by atoms with van der Waals surface area (Å²) in [7, 11) is 0. The Balaban J connectivity index is 2.41. The predicted octanol–water partition coefficient (Wildman–Crippen LogP) is 2.38. The van der Waals surface area contributed by atoms with Gasteiger partial charge in [-0.15, -0.1) is 0 Å². The highest BCUT2D eigenvalue weighted by molar-refractivity contribution is 7.98. The minimum absolute atomic E-state index is 1.08. The molecule has 0 atom stereocenters. The Bertz CT molecular complexity index is 235. The van der Waals surface area contributed by atoms with Gasteiger partial charge in [0.1, 0.15) is 0 Å². The fraction of sp³-hybridized carbons (Fsp3) is 0.500. The van der Waals surface area contributed by atoms with Gasteiger partial charge in [-0.05, 0) is 25.2 Å². The van der Waals surface area contributed by atoms with Crippen LogP contribution in [-0.2, 0) is 5.88 Å². The minimum atomic E-state index is 1.08. The zero-order valence-corrected chi connectivity index (χ0v) is 8.60. The second-order valence-corrected chi connectivity index (χ2v) is 4.01. The third-order valence-corrected chi connectivity index (χ3v) is 2.77. The summed E-state index contributed by atoms with van der Waals surface area (Å²) >= 11 is 1.98. The van der Waals surface area contributed by atoms with Crippen LogP contribution in [-0.4, -0.2) is 5.75 Å². The van der Waals surface area contributed by atoms with Crippen molar-refractivity contribution in [1.82, 2.24) is 0 Å². The highest BCUT2D eigenvalue weighted by atomic mass is 32.2. The molecule has 0 aromatic carbocycles. The summed E-state index contributed by atoms with van der Waals surface area (Å²) in [6.45, 7) is 4.34. The SMILES string of the molecule is CCCSC[n+]1cccc(C)c1. The van der Waals surface area contributed by atoms with Crippen molar-refractivity contribution in [3.63, 3.8) is 0 Å². The van der Waals surface area contributed by atoms with E-state index in [2.05, 4.69) is 42.9 Å². The van der Waals surface area contributed by atoms with Crippen molar-refractivity contribution in [2.45, 2.75) is 26.1 Å². The van der Waals surface area contributed by atoms with Crippen LogP contribution in [0.3, 0.4) is 0 Å². The van der Waals surface area contributed by atoms with Crippen LogP contribution in [0.25, 0.3) is 0 Å². The molecule has 0 aliphatic rings. The first-order chi connectivity index (χ1) is 5.83. The van der Waals surface area contributed by atoms with Crippen LogP contribution in [0.5, 0.6) is 0 Å². The van der Waals surface area contributed by atoms with Gasteiger partial charge in [0.15, 0.2) is 18.3 Å². The van der Waals surface area contributed by atoms with Crippen molar-refractivity contribution in [3.05, 3.63) is 30.1 Å². The molecular formula is C10H16NS+. The maximum Gasteiger partial charge on any atom is 0.194 e.